The van der Waals surface area contributed by atoms with Crippen LogP contribution in [0.4, 0.5) is 0 Å². The van der Waals surface area contributed by atoms with E-state index in [9.17, 15) is 4.79 Å². The molecule has 140 valence electrons. The standard InChI is InChI=1S/C22H23NO4/c1-5-26-20-13-15(6-11-19(20)25-4)12-18-22(24)27-21(23-18)17-9-7-16(8-10-17)14(2)3/h6-14H,5H2,1-4H3/b18-12-. The first-order valence-electron chi connectivity index (χ1n) is 8.95. The van der Waals surface area contributed by atoms with E-state index in [1.165, 1.54) is 5.56 Å². The highest BCUT2D eigenvalue weighted by atomic mass is 16.6. The molecule has 0 atom stereocenters. The minimum Gasteiger partial charge on any atom is -0.493 e. The fourth-order valence-corrected chi connectivity index (χ4v) is 2.75. The maximum atomic E-state index is 12.2. The van der Waals surface area contributed by atoms with E-state index in [4.69, 9.17) is 14.2 Å². The number of nitrogens with zero attached hydrogens (tertiary/aromatic N) is 1. The average molecular weight is 365 g/mol. The van der Waals surface area contributed by atoms with E-state index in [1.54, 1.807) is 19.3 Å². The summed E-state index contributed by atoms with van der Waals surface area (Å²) in [6.45, 7) is 6.69. The number of benzene rings is 2. The molecule has 3 rings (SSSR count). The van der Waals surface area contributed by atoms with Crippen molar-refractivity contribution in [3.8, 4) is 11.5 Å². The van der Waals surface area contributed by atoms with Crippen LogP contribution in [0, 0.1) is 0 Å². The van der Waals surface area contributed by atoms with Crippen molar-refractivity contribution in [3.05, 3.63) is 64.9 Å². The summed E-state index contributed by atoms with van der Waals surface area (Å²) in [5, 5.41) is 0. The molecule has 1 aliphatic heterocycles. The normalized spacial score (nSPS) is 15.1. The van der Waals surface area contributed by atoms with Gasteiger partial charge in [0.05, 0.1) is 13.7 Å². The molecule has 0 saturated heterocycles. The van der Waals surface area contributed by atoms with Gasteiger partial charge in [0.25, 0.3) is 0 Å². The molecule has 1 heterocycles. The first-order chi connectivity index (χ1) is 13.0. The third kappa shape index (κ3) is 4.19. The van der Waals surface area contributed by atoms with Gasteiger partial charge in [-0.3, -0.25) is 0 Å². The number of carbonyl (C=O) groups is 1. The van der Waals surface area contributed by atoms with Crippen LogP contribution in [0.2, 0.25) is 0 Å². The summed E-state index contributed by atoms with van der Waals surface area (Å²) in [4.78, 5) is 16.6. The third-order valence-corrected chi connectivity index (χ3v) is 4.24. The van der Waals surface area contributed by atoms with Crippen molar-refractivity contribution < 1.29 is 19.0 Å². The van der Waals surface area contributed by atoms with Gasteiger partial charge in [0.2, 0.25) is 5.90 Å². The van der Waals surface area contributed by atoms with E-state index < -0.39 is 5.97 Å². The van der Waals surface area contributed by atoms with Gasteiger partial charge in [-0.05, 0) is 54.3 Å². The first-order valence-corrected chi connectivity index (χ1v) is 8.95. The lowest BCUT2D eigenvalue weighted by molar-refractivity contribution is -0.129. The van der Waals surface area contributed by atoms with Crippen molar-refractivity contribution in [2.45, 2.75) is 26.7 Å². The van der Waals surface area contributed by atoms with E-state index in [0.717, 1.165) is 11.1 Å². The van der Waals surface area contributed by atoms with Gasteiger partial charge in [-0.2, -0.15) is 0 Å². The second kappa shape index (κ2) is 8.08. The lowest BCUT2D eigenvalue weighted by atomic mass is 10.0. The Bertz CT molecular complexity index is 895. The molecule has 5 heteroatoms. The van der Waals surface area contributed by atoms with Gasteiger partial charge in [-0.15, -0.1) is 0 Å². The zero-order chi connectivity index (χ0) is 19.4. The monoisotopic (exact) mass is 365 g/mol. The molecule has 27 heavy (non-hydrogen) atoms. The van der Waals surface area contributed by atoms with Gasteiger partial charge < -0.3 is 14.2 Å². The molecule has 0 unspecified atom stereocenters. The molecule has 0 aromatic heterocycles. The molecule has 0 fully saturated rings. The first kappa shape index (κ1) is 18.7. The minimum atomic E-state index is -0.466. The fourth-order valence-electron chi connectivity index (χ4n) is 2.75. The number of ether oxygens (including phenoxy) is 3. The molecule has 1 aliphatic rings. The number of rotatable bonds is 6. The van der Waals surface area contributed by atoms with Crippen LogP contribution >= 0.6 is 0 Å². The summed E-state index contributed by atoms with van der Waals surface area (Å²) >= 11 is 0. The molecule has 0 aliphatic carbocycles. The van der Waals surface area contributed by atoms with Crippen LogP contribution in [0.25, 0.3) is 6.08 Å². The van der Waals surface area contributed by atoms with Crippen LogP contribution in [-0.2, 0) is 9.53 Å². The predicted molar refractivity (Wildman–Crippen MR) is 105 cm³/mol. The highest BCUT2D eigenvalue weighted by Crippen LogP contribution is 2.30. The minimum absolute atomic E-state index is 0.255. The van der Waals surface area contributed by atoms with Crippen LogP contribution in [0.5, 0.6) is 11.5 Å². The fraction of sp³-hybridized carbons (Fsp3) is 0.273. The Morgan fingerprint density at radius 2 is 1.85 bits per heavy atom. The Hall–Kier alpha value is -3.08. The summed E-state index contributed by atoms with van der Waals surface area (Å²) in [5.41, 5.74) is 3.04. The Kier molecular flexibility index (Phi) is 5.60. The Morgan fingerprint density at radius 3 is 2.48 bits per heavy atom. The van der Waals surface area contributed by atoms with Crippen molar-refractivity contribution in [2.24, 2.45) is 4.99 Å². The van der Waals surface area contributed by atoms with Gasteiger partial charge >= 0.3 is 5.97 Å². The van der Waals surface area contributed by atoms with Gasteiger partial charge in [-0.25, -0.2) is 9.79 Å². The van der Waals surface area contributed by atoms with Gasteiger partial charge in [0.15, 0.2) is 17.2 Å². The Labute approximate surface area is 159 Å². The molecule has 2 aromatic rings. The van der Waals surface area contributed by atoms with Crippen LogP contribution in [0.15, 0.2) is 53.2 Å². The van der Waals surface area contributed by atoms with Crippen LogP contribution in [0.1, 0.15) is 43.4 Å². The Morgan fingerprint density at radius 1 is 1.11 bits per heavy atom. The molecule has 0 amide bonds. The van der Waals surface area contributed by atoms with Gasteiger partial charge in [0.1, 0.15) is 0 Å². The second-order valence-electron chi connectivity index (χ2n) is 6.46. The SMILES string of the molecule is CCOc1cc(/C=C2\N=C(c3ccc(C(C)C)cc3)OC2=O)ccc1OC. The summed E-state index contributed by atoms with van der Waals surface area (Å²) in [7, 11) is 1.59. The molecule has 2 aromatic carbocycles. The molecular weight excluding hydrogens is 342 g/mol. The zero-order valence-electron chi connectivity index (χ0n) is 16.0. The molecular formula is C22H23NO4. The summed E-state index contributed by atoms with van der Waals surface area (Å²) in [6.07, 6.45) is 1.68. The highest BCUT2D eigenvalue weighted by molar-refractivity contribution is 6.12. The smallest absolute Gasteiger partial charge is 0.363 e. The maximum Gasteiger partial charge on any atom is 0.363 e. The number of cyclic esters (lactones) is 1. The van der Waals surface area contributed by atoms with Crippen molar-refractivity contribution in [3.63, 3.8) is 0 Å². The van der Waals surface area contributed by atoms with Crippen LogP contribution in [0.3, 0.4) is 0 Å². The van der Waals surface area contributed by atoms with Crippen molar-refractivity contribution >= 4 is 17.9 Å². The van der Waals surface area contributed by atoms with Crippen molar-refractivity contribution in [1.29, 1.82) is 0 Å². The lowest BCUT2D eigenvalue weighted by Crippen LogP contribution is -2.05. The maximum absolute atomic E-state index is 12.2. The number of carbonyl (C=O) groups excluding carboxylic acids is 1. The number of methoxy groups -OCH3 is 1. The number of esters is 1. The quantitative estimate of drug-likeness (QED) is 0.556. The predicted octanol–water partition coefficient (Wildman–Crippen LogP) is 4.56. The van der Waals surface area contributed by atoms with E-state index >= 15 is 0 Å². The third-order valence-electron chi connectivity index (χ3n) is 4.24. The number of hydrogen-bond acceptors (Lipinski definition) is 5. The van der Waals surface area contributed by atoms with E-state index in [2.05, 4.69) is 18.8 Å². The van der Waals surface area contributed by atoms with Crippen molar-refractivity contribution in [2.75, 3.05) is 13.7 Å². The van der Waals surface area contributed by atoms with E-state index in [-0.39, 0.29) is 5.70 Å². The summed E-state index contributed by atoms with van der Waals surface area (Å²) in [5.74, 6) is 1.56. The van der Waals surface area contributed by atoms with Crippen LogP contribution < -0.4 is 9.47 Å². The second-order valence-corrected chi connectivity index (χ2v) is 6.46. The van der Waals surface area contributed by atoms with Crippen LogP contribution in [-0.4, -0.2) is 25.6 Å². The van der Waals surface area contributed by atoms with E-state index in [1.807, 2.05) is 43.3 Å². The zero-order valence-corrected chi connectivity index (χ0v) is 16.0. The average Bonchev–Trinajstić information content (AvgIpc) is 3.03. The van der Waals surface area contributed by atoms with Gasteiger partial charge in [0, 0.05) is 5.56 Å². The molecule has 0 bridgehead atoms. The van der Waals surface area contributed by atoms with E-state index in [0.29, 0.717) is 29.9 Å². The van der Waals surface area contributed by atoms with Crippen molar-refractivity contribution in [1.82, 2.24) is 0 Å². The largest absolute Gasteiger partial charge is 0.493 e. The molecule has 0 saturated carbocycles. The molecule has 0 radical (unpaired) electrons. The highest BCUT2D eigenvalue weighted by Gasteiger charge is 2.24. The lowest BCUT2D eigenvalue weighted by Gasteiger charge is -2.09. The topological polar surface area (TPSA) is 57.1 Å². The number of hydrogen-bond donors (Lipinski definition) is 0. The van der Waals surface area contributed by atoms with Gasteiger partial charge in [-0.1, -0.05) is 32.0 Å². The molecule has 0 N–H and O–H groups in total. The summed E-state index contributed by atoms with van der Waals surface area (Å²) < 4.78 is 16.2. The molecule has 0 spiro atoms. The molecule has 5 nitrogen and oxygen atoms in total. The summed E-state index contributed by atoms with van der Waals surface area (Å²) in [6, 6.07) is 13.3. The Balaban J connectivity index is 1.88. The number of aliphatic imine (C=N–C) groups is 1.